The average molecular weight is 775 g/mol. The maximum absolute atomic E-state index is 11.6. The van der Waals surface area contributed by atoms with E-state index in [1.165, 1.54) is 20.8 Å². The van der Waals surface area contributed by atoms with Crippen molar-refractivity contribution < 1.29 is 101 Å². The highest BCUT2D eigenvalue weighted by Gasteiger charge is 2.29. The van der Waals surface area contributed by atoms with Crippen LogP contribution in [0.2, 0.25) is 0 Å². The van der Waals surface area contributed by atoms with Crippen molar-refractivity contribution in [1.82, 2.24) is 0 Å². The van der Waals surface area contributed by atoms with E-state index < -0.39 is 99.7 Å². The molecule has 0 saturated carbocycles. The van der Waals surface area contributed by atoms with Crippen LogP contribution in [0.1, 0.15) is 33.6 Å². The van der Waals surface area contributed by atoms with E-state index in [4.69, 9.17) is 14.3 Å². The number of hydrogen-bond donors (Lipinski definition) is 3. The predicted molar refractivity (Wildman–Crippen MR) is 143 cm³/mol. The zero-order valence-electron chi connectivity index (χ0n) is 23.6. The number of hydrogen-bond acceptors (Lipinski definition) is 19. The monoisotopic (exact) mass is 775 g/mol. The van der Waals surface area contributed by atoms with Gasteiger partial charge in [-0.15, -0.1) is 0 Å². The molecule has 0 fully saturated rings. The molecule has 0 aliphatic rings. The molecule has 0 heterocycles. The van der Waals surface area contributed by atoms with Crippen LogP contribution >= 0.6 is 30.8 Å². The summed E-state index contributed by atoms with van der Waals surface area (Å²) < 4.78 is 117. The van der Waals surface area contributed by atoms with E-state index in [9.17, 15) is 68.8 Å². The van der Waals surface area contributed by atoms with Crippen LogP contribution in [0.4, 0.5) is 0 Å². The number of esters is 2. The molecule has 5 unspecified atom stereocenters. The lowest BCUT2D eigenvalue weighted by Crippen LogP contribution is -2.27. The van der Waals surface area contributed by atoms with Gasteiger partial charge < -0.3 is 56.8 Å². The molecular formula is C17H31O22P4S2-5. The number of ether oxygens (including phenoxy) is 2. The van der Waals surface area contributed by atoms with Gasteiger partial charge in [0.25, 0.3) is 17.9 Å². The SMILES string of the molecule is C=C(C)C(=O)OCCP(=O)([O-])OP(=O)([O-])[O-].C=CS(=O)(=O)[O-].CCC(CC(C)C(=O)OCCP(=O)(O)OP(=O)([O-])O)S(=O)(=O)O. The molecule has 0 bridgehead atoms. The summed E-state index contributed by atoms with van der Waals surface area (Å²) in [6.07, 6.45) is -1.92. The third-order valence-corrected chi connectivity index (χ3v) is 11.0. The molecule has 0 radical (unpaired) electrons. The van der Waals surface area contributed by atoms with Gasteiger partial charge in [0.15, 0.2) is 0 Å². The molecule has 0 spiro atoms. The topological polar surface area (TPSA) is 384 Å². The van der Waals surface area contributed by atoms with Crippen molar-refractivity contribution in [3.63, 3.8) is 0 Å². The quantitative estimate of drug-likeness (QED) is 0.0626. The molecule has 0 aromatic carbocycles. The number of carbonyl (C=O) groups is 2. The zero-order chi connectivity index (χ0) is 36.7. The Morgan fingerprint density at radius 3 is 1.71 bits per heavy atom. The van der Waals surface area contributed by atoms with Crippen LogP contribution in [-0.2, 0) is 66.2 Å². The number of phosphoric acid groups is 2. The van der Waals surface area contributed by atoms with Gasteiger partial charge in [-0.2, -0.15) is 8.42 Å². The average Bonchev–Trinajstić information content (AvgIpc) is 2.78. The molecular weight excluding hydrogens is 744 g/mol. The Morgan fingerprint density at radius 2 is 1.38 bits per heavy atom. The highest BCUT2D eigenvalue weighted by molar-refractivity contribution is 7.88. The third kappa shape index (κ3) is 31.2. The smallest absolute Gasteiger partial charge is 0.337 e. The molecule has 0 aromatic rings. The fourth-order valence-corrected chi connectivity index (χ4v) is 6.91. The summed E-state index contributed by atoms with van der Waals surface area (Å²) >= 11 is 0. The summed E-state index contributed by atoms with van der Waals surface area (Å²) in [6, 6.07) is 0. The molecule has 45 heavy (non-hydrogen) atoms. The summed E-state index contributed by atoms with van der Waals surface area (Å²) in [6.45, 7) is 8.85. The Hall–Kier alpha value is -1.16. The molecule has 5 atom stereocenters. The van der Waals surface area contributed by atoms with E-state index in [0.29, 0.717) is 5.41 Å². The summed E-state index contributed by atoms with van der Waals surface area (Å²) in [5.74, 6) is -2.65. The summed E-state index contributed by atoms with van der Waals surface area (Å²) in [4.78, 5) is 81.0. The highest BCUT2D eigenvalue weighted by atomic mass is 32.2. The van der Waals surface area contributed by atoms with E-state index in [2.05, 4.69) is 31.3 Å². The first-order valence-electron chi connectivity index (χ1n) is 11.4. The molecule has 28 heteroatoms. The zero-order valence-corrected chi connectivity index (χ0v) is 28.8. The number of rotatable bonds is 17. The van der Waals surface area contributed by atoms with Gasteiger partial charge >= 0.3 is 19.5 Å². The first-order chi connectivity index (χ1) is 19.8. The van der Waals surface area contributed by atoms with Crippen LogP contribution in [0.5, 0.6) is 0 Å². The van der Waals surface area contributed by atoms with E-state index in [-0.39, 0.29) is 18.4 Å². The van der Waals surface area contributed by atoms with Gasteiger partial charge in [-0.3, -0.25) is 18.5 Å². The minimum Gasteiger partial charge on any atom is -0.790 e. The van der Waals surface area contributed by atoms with Crippen LogP contribution in [-0.4, -0.2) is 78.5 Å². The third-order valence-electron chi connectivity index (χ3n) is 4.12. The first kappa shape index (κ1) is 48.2. The summed E-state index contributed by atoms with van der Waals surface area (Å²) in [5.41, 5.74) is 0.0555. The second kappa shape index (κ2) is 20.3. The standard InChI is InChI=1S/C9H20O11P2S.C6H12O8P2.C2H4O3S/c1-3-8(23(16,17)18)6-7(2)9(10)19-4-5-21(11,12)20-22(13,14)15;1-5(2)6(7)13-3-4-15(8,9)14-16(10,11)12;1-2-6(3,4)5/h7-8H,3-6H2,1-2H3,(H,11,12)(H2,13,14,15)(H,16,17,18);1,3-4H2,2H3,(H,8,9)(H2,10,11,12);2H,1H2,(H,3,4,5)/p-5. The molecule has 0 saturated heterocycles. The van der Waals surface area contributed by atoms with E-state index in [1.54, 1.807) is 0 Å². The van der Waals surface area contributed by atoms with Crippen molar-refractivity contribution in [3.8, 4) is 0 Å². The Morgan fingerprint density at radius 1 is 0.933 bits per heavy atom. The van der Waals surface area contributed by atoms with Crippen molar-refractivity contribution in [2.24, 2.45) is 5.92 Å². The largest absolute Gasteiger partial charge is 0.790 e. The van der Waals surface area contributed by atoms with Gasteiger partial charge in [0.2, 0.25) is 0 Å². The fourth-order valence-electron chi connectivity index (χ4n) is 2.16. The molecule has 0 aliphatic carbocycles. The molecule has 0 rings (SSSR count). The minimum atomic E-state index is -5.60. The fraction of sp³-hybridized carbons (Fsp3) is 0.647. The minimum absolute atomic E-state index is 0.0555. The van der Waals surface area contributed by atoms with Crippen molar-refractivity contribution >= 4 is 63.0 Å². The molecule has 0 aliphatic heterocycles. The van der Waals surface area contributed by atoms with Crippen LogP contribution in [0.3, 0.4) is 0 Å². The van der Waals surface area contributed by atoms with Gasteiger partial charge in [0.05, 0.1) is 31.8 Å². The van der Waals surface area contributed by atoms with Crippen molar-refractivity contribution in [1.29, 1.82) is 0 Å². The number of carbonyl (C=O) groups excluding carboxylic acids is 2. The van der Waals surface area contributed by atoms with Crippen LogP contribution in [0.15, 0.2) is 24.1 Å². The van der Waals surface area contributed by atoms with Crippen molar-refractivity contribution in [2.45, 2.75) is 38.9 Å². The van der Waals surface area contributed by atoms with Gasteiger partial charge in [0.1, 0.15) is 24.3 Å². The Kier molecular flexibility index (Phi) is 21.7. The lowest BCUT2D eigenvalue weighted by molar-refractivity contribution is -0.337. The Bertz CT molecular complexity index is 1400. The van der Waals surface area contributed by atoms with Gasteiger partial charge in [0, 0.05) is 17.1 Å². The molecule has 0 amide bonds. The Labute approximate surface area is 258 Å². The van der Waals surface area contributed by atoms with E-state index in [1.807, 2.05) is 0 Å². The summed E-state index contributed by atoms with van der Waals surface area (Å²) in [5, 5.41) is -0.800. The predicted octanol–water partition coefficient (Wildman–Crippen LogP) is -1.94. The van der Waals surface area contributed by atoms with Gasteiger partial charge in [-0.05, 0) is 19.8 Å². The molecule has 3 N–H and O–H groups in total. The van der Waals surface area contributed by atoms with Crippen molar-refractivity contribution in [3.05, 3.63) is 24.1 Å². The first-order valence-corrected chi connectivity index (χ1v) is 20.8. The maximum Gasteiger partial charge on any atom is 0.337 e. The van der Waals surface area contributed by atoms with Gasteiger partial charge in [-0.25, -0.2) is 17.5 Å². The normalized spacial score (nSPS) is 17.1. The maximum atomic E-state index is 11.6. The highest BCUT2D eigenvalue weighted by Crippen LogP contribution is 2.54. The van der Waals surface area contributed by atoms with Crippen LogP contribution in [0.25, 0.3) is 0 Å². The van der Waals surface area contributed by atoms with Gasteiger partial charge in [-0.1, -0.05) is 27.0 Å². The Balaban J connectivity index is -0.000000691. The molecule has 22 nitrogen and oxygen atoms in total. The van der Waals surface area contributed by atoms with Crippen LogP contribution in [0, 0.1) is 5.92 Å². The lowest BCUT2D eigenvalue weighted by atomic mass is 10.0. The lowest BCUT2D eigenvalue weighted by Gasteiger charge is -2.35. The van der Waals surface area contributed by atoms with E-state index >= 15 is 0 Å². The second-order valence-electron chi connectivity index (χ2n) is 8.20. The van der Waals surface area contributed by atoms with E-state index in [0.717, 1.165) is 0 Å². The molecule has 0 aromatic heterocycles. The van der Waals surface area contributed by atoms with Crippen LogP contribution < -0.4 is 19.6 Å². The van der Waals surface area contributed by atoms with Crippen molar-refractivity contribution in [2.75, 3.05) is 25.5 Å². The molecule has 268 valence electrons. The summed E-state index contributed by atoms with van der Waals surface area (Å²) in [7, 11) is -29.0. The second-order valence-corrected chi connectivity index (χ2v) is 17.7.